The number of benzene rings is 1. The number of ether oxygens (including phenoxy) is 1. The second-order valence-electron chi connectivity index (χ2n) is 8.11. The van der Waals surface area contributed by atoms with Crippen molar-refractivity contribution in [1.29, 1.82) is 0 Å². The molecule has 0 unspecified atom stereocenters. The smallest absolute Gasteiger partial charge is 0.410 e. The van der Waals surface area contributed by atoms with Crippen LogP contribution in [0.5, 0.6) is 0 Å². The number of amides is 3. The van der Waals surface area contributed by atoms with Crippen molar-refractivity contribution in [1.82, 2.24) is 15.1 Å². The van der Waals surface area contributed by atoms with E-state index in [-0.39, 0.29) is 17.9 Å². The van der Waals surface area contributed by atoms with Gasteiger partial charge in [0.25, 0.3) is 5.91 Å². The van der Waals surface area contributed by atoms with Crippen LogP contribution in [0.15, 0.2) is 23.1 Å². The van der Waals surface area contributed by atoms with Gasteiger partial charge in [-0.05, 0) is 39.0 Å². The lowest BCUT2D eigenvalue weighted by molar-refractivity contribution is -0.113. The quantitative estimate of drug-likeness (QED) is 0.774. The SMILES string of the molecule is CC(C)(C)OC(=O)N1CCN(CCNC(=O)c2ccc3c(c2)NC(=O)CS3)CC1. The zero-order valence-electron chi connectivity index (χ0n) is 17.1. The molecule has 3 amide bonds. The highest BCUT2D eigenvalue weighted by Crippen LogP contribution is 2.31. The maximum atomic E-state index is 12.4. The molecule has 1 aromatic rings. The molecule has 0 atom stereocenters. The Balaban J connectivity index is 1.41. The molecule has 0 aliphatic carbocycles. The highest BCUT2D eigenvalue weighted by atomic mass is 32.2. The first-order valence-corrected chi connectivity index (χ1v) is 10.7. The van der Waals surface area contributed by atoms with E-state index in [9.17, 15) is 14.4 Å². The fraction of sp³-hybridized carbons (Fsp3) is 0.550. The predicted octanol–water partition coefficient (Wildman–Crippen LogP) is 2.01. The van der Waals surface area contributed by atoms with Gasteiger partial charge in [-0.2, -0.15) is 0 Å². The number of fused-ring (bicyclic) bond motifs is 1. The number of hydrogen-bond donors (Lipinski definition) is 2. The number of carbonyl (C=O) groups is 3. The minimum Gasteiger partial charge on any atom is -0.444 e. The molecule has 29 heavy (non-hydrogen) atoms. The van der Waals surface area contributed by atoms with Crippen LogP contribution in [-0.2, 0) is 9.53 Å². The topological polar surface area (TPSA) is 91.0 Å². The second-order valence-corrected chi connectivity index (χ2v) is 9.13. The van der Waals surface area contributed by atoms with E-state index in [0.29, 0.717) is 43.2 Å². The van der Waals surface area contributed by atoms with Crippen LogP contribution in [0.1, 0.15) is 31.1 Å². The summed E-state index contributed by atoms with van der Waals surface area (Å²) in [4.78, 5) is 40.9. The number of anilines is 1. The standard InChI is InChI=1S/C20H28N4O4S/c1-20(2,3)28-19(27)24-10-8-23(9-11-24)7-6-21-18(26)14-4-5-16-15(12-14)22-17(25)13-29-16/h4-5,12H,6-11,13H2,1-3H3,(H,21,26)(H,22,25). The number of thioether (sulfide) groups is 1. The fourth-order valence-corrected chi connectivity index (χ4v) is 3.92. The molecule has 2 heterocycles. The van der Waals surface area contributed by atoms with E-state index in [1.54, 1.807) is 17.0 Å². The first-order chi connectivity index (χ1) is 13.7. The van der Waals surface area contributed by atoms with Gasteiger partial charge < -0.3 is 20.3 Å². The summed E-state index contributed by atoms with van der Waals surface area (Å²) in [6.07, 6.45) is -0.275. The zero-order chi connectivity index (χ0) is 21.0. The third kappa shape index (κ3) is 6.11. The van der Waals surface area contributed by atoms with E-state index in [4.69, 9.17) is 4.74 Å². The van der Waals surface area contributed by atoms with E-state index in [1.807, 2.05) is 26.8 Å². The zero-order valence-corrected chi connectivity index (χ0v) is 17.9. The fourth-order valence-electron chi connectivity index (χ4n) is 3.13. The summed E-state index contributed by atoms with van der Waals surface area (Å²) in [5.41, 5.74) is 0.731. The van der Waals surface area contributed by atoms with Crippen LogP contribution >= 0.6 is 11.8 Å². The molecule has 2 aliphatic rings. The molecule has 158 valence electrons. The summed E-state index contributed by atoms with van der Waals surface area (Å²) >= 11 is 1.47. The Morgan fingerprint density at radius 1 is 1.21 bits per heavy atom. The maximum Gasteiger partial charge on any atom is 0.410 e. The summed E-state index contributed by atoms with van der Waals surface area (Å²) < 4.78 is 5.40. The number of nitrogens with zero attached hydrogens (tertiary/aromatic N) is 2. The van der Waals surface area contributed by atoms with Gasteiger partial charge in [-0.15, -0.1) is 11.8 Å². The molecule has 3 rings (SSSR count). The molecule has 0 spiro atoms. The second kappa shape index (κ2) is 9.04. The molecule has 8 nitrogen and oxygen atoms in total. The third-order valence-electron chi connectivity index (χ3n) is 4.61. The summed E-state index contributed by atoms with van der Waals surface area (Å²) in [6, 6.07) is 5.36. The van der Waals surface area contributed by atoms with Crippen LogP contribution in [0.2, 0.25) is 0 Å². The van der Waals surface area contributed by atoms with Gasteiger partial charge in [0, 0.05) is 49.7 Å². The number of carbonyl (C=O) groups excluding carboxylic acids is 3. The predicted molar refractivity (Wildman–Crippen MR) is 112 cm³/mol. The van der Waals surface area contributed by atoms with Crippen LogP contribution in [0.3, 0.4) is 0 Å². The lowest BCUT2D eigenvalue weighted by Gasteiger charge is -2.35. The van der Waals surface area contributed by atoms with Crippen LogP contribution in [0.25, 0.3) is 0 Å². The molecule has 9 heteroatoms. The van der Waals surface area contributed by atoms with Gasteiger partial charge in [0.2, 0.25) is 5.91 Å². The Hall–Kier alpha value is -2.26. The molecule has 0 radical (unpaired) electrons. The average Bonchev–Trinajstić information content (AvgIpc) is 2.66. The van der Waals surface area contributed by atoms with E-state index >= 15 is 0 Å². The van der Waals surface area contributed by atoms with Crippen LogP contribution in [0.4, 0.5) is 10.5 Å². The average molecular weight is 421 g/mol. The molecule has 2 aliphatic heterocycles. The van der Waals surface area contributed by atoms with E-state index in [2.05, 4.69) is 15.5 Å². The number of rotatable bonds is 4. The minimum atomic E-state index is -0.489. The Bertz CT molecular complexity index is 785. The first kappa shape index (κ1) is 21.4. The largest absolute Gasteiger partial charge is 0.444 e. The van der Waals surface area contributed by atoms with Crippen molar-refractivity contribution in [3.05, 3.63) is 23.8 Å². The van der Waals surface area contributed by atoms with Crippen molar-refractivity contribution in [3.8, 4) is 0 Å². The number of piperazine rings is 1. The van der Waals surface area contributed by atoms with Gasteiger partial charge in [-0.1, -0.05) is 0 Å². The molecule has 1 saturated heterocycles. The molecular weight excluding hydrogens is 392 g/mol. The van der Waals surface area contributed by atoms with Gasteiger partial charge in [0.15, 0.2) is 0 Å². The van der Waals surface area contributed by atoms with Crippen molar-refractivity contribution in [2.45, 2.75) is 31.3 Å². The summed E-state index contributed by atoms with van der Waals surface area (Å²) in [7, 11) is 0. The summed E-state index contributed by atoms with van der Waals surface area (Å²) in [5.74, 6) is 0.190. The summed E-state index contributed by atoms with van der Waals surface area (Å²) in [6.45, 7) is 9.54. The van der Waals surface area contributed by atoms with Gasteiger partial charge >= 0.3 is 6.09 Å². The Labute approximate surface area is 175 Å². The van der Waals surface area contributed by atoms with Gasteiger partial charge in [-0.3, -0.25) is 14.5 Å². The van der Waals surface area contributed by atoms with Gasteiger partial charge in [0.05, 0.1) is 11.4 Å². The highest BCUT2D eigenvalue weighted by molar-refractivity contribution is 8.00. The van der Waals surface area contributed by atoms with Crippen LogP contribution < -0.4 is 10.6 Å². The van der Waals surface area contributed by atoms with E-state index < -0.39 is 5.60 Å². The van der Waals surface area contributed by atoms with E-state index in [1.165, 1.54) is 11.8 Å². The highest BCUT2D eigenvalue weighted by Gasteiger charge is 2.25. The van der Waals surface area contributed by atoms with Crippen molar-refractivity contribution >= 4 is 35.4 Å². The lowest BCUT2D eigenvalue weighted by Crippen LogP contribution is -2.51. The molecule has 1 fully saturated rings. The number of hydrogen-bond acceptors (Lipinski definition) is 6. The molecule has 0 aromatic heterocycles. The lowest BCUT2D eigenvalue weighted by atomic mass is 10.2. The Morgan fingerprint density at radius 3 is 2.62 bits per heavy atom. The molecule has 0 saturated carbocycles. The van der Waals surface area contributed by atoms with Crippen molar-refractivity contribution < 1.29 is 19.1 Å². The number of nitrogens with one attached hydrogen (secondary N) is 2. The molecular formula is C20H28N4O4S. The van der Waals surface area contributed by atoms with Gasteiger partial charge in [-0.25, -0.2) is 4.79 Å². The molecule has 0 bridgehead atoms. The first-order valence-electron chi connectivity index (χ1n) is 9.76. The third-order valence-corrected chi connectivity index (χ3v) is 5.69. The maximum absolute atomic E-state index is 12.4. The van der Waals surface area contributed by atoms with Crippen LogP contribution in [-0.4, -0.2) is 78.3 Å². The Morgan fingerprint density at radius 2 is 1.93 bits per heavy atom. The molecule has 2 N–H and O–H groups in total. The minimum absolute atomic E-state index is 0.0504. The normalized spacial score (nSPS) is 17.3. The van der Waals surface area contributed by atoms with Crippen molar-refractivity contribution in [2.24, 2.45) is 0 Å². The van der Waals surface area contributed by atoms with E-state index in [0.717, 1.165) is 18.0 Å². The van der Waals surface area contributed by atoms with Crippen molar-refractivity contribution in [3.63, 3.8) is 0 Å². The monoisotopic (exact) mass is 420 g/mol. The Kier molecular flexibility index (Phi) is 6.69. The molecule has 1 aromatic carbocycles. The summed E-state index contributed by atoms with van der Waals surface area (Å²) in [5, 5.41) is 5.72. The van der Waals surface area contributed by atoms with Crippen molar-refractivity contribution in [2.75, 3.05) is 50.3 Å². The van der Waals surface area contributed by atoms with Gasteiger partial charge in [0.1, 0.15) is 5.60 Å². The van der Waals surface area contributed by atoms with Crippen LogP contribution in [0, 0.1) is 0 Å².